The van der Waals surface area contributed by atoms with E-state index in [1.54, 1.807) is 13.4 Å². The lowest BCUT2D eigenvalue weighted by molar-refractivity contribution is -0.116. The Balaban J connectivity index is 1.64. The molecule has 2 aromatic carbocycles. The number of hydrogen-bond donors (Lipinski definition) is 2. The summed E-state index contributed by atoms with van der Waals surface area (Å²) in [5, 5.41) is 2.95. The Labute approximate surface area is 147 Å². The number of ether oxygens (including phenoxy) is 1. The Bertz CT molecular complexity index is 871. The van der Waals surface area contributed by atoms with Gasteiger partial charge in [0.1, 0.15) is 5.75 Å². The SMILES string of the molecule is COc1ccccc1CCC(=O)Nc1cccc(-c2nc[nH]c2C)c1. The Morgan fingerprint density at radius 1 is 1.20 bits per heavy atom. The fourth-order valence-electron chi connectivity index (χ4n) is 2.78. The van der Waals surface area contributed by atoms with Gasteiger partial charge in [-0.15, -0.1) is 0 Å². The van der Waals surface area contributed by atoms with Crippen LogP contribution >= 0.6 is 0 Å². The highest BCUT2D eigenvalue weighted by atomic mass is 16.5. The summed E-state index contributed by atoms with van der Waals surface area (Å²) in [5.74, 6) is 0.785. The van der Waals surface area contributed by atoms with E-state index in [2.05, 4.69) is 15.3 Å². The van der Waals surface area contributed by atoms with Gasteiger partial charge >= 0.3 is 0 Å². The molecule has 0 spiro atoms. The molecule has 128 valence electrons. The molecule has 0 radical (unpaired) electrons. The summed E-state index contributed by atoms with van der Waals surface area (Å²) >= 11 is 0. The Kier molecular flexibility index (Phi) is 5.14. The highest BCUT2D eigenvalue weighted by molar-refractivity contribution is 5.91. The predicted molar refractivity (Wildman–Crippen MR) is 98.7 cm³/mol. The van der Waals surface area contributed by atoms with Crippen LogP contribution in [-0.2, 0) is 11.2 Å². The van der Waals surface area contributed by atoms with Crippen LogP contribution in [0.5, 0.6) is 5.75 Å². The van der Waals surface area contributed by atoms with Crippen molar-refractivity contribution in [1.29, 1.82) is 0 Å². The predicted octanol–water partition coefficient (Wildman–Crippen LogP) is 3.97. The van der Waals surface area contributed by atoms with Gasteiger partial charge in [-0.05, 0) is 37.1 Å². The Hall–Kier alpha value is -3.08. The molecule has 3 aromatic rings. The highest BCUT2D eigenvalue weighted by Crippen LogP contribution is 2.23. The van der Waals surface area contributed by atoms with Crippen LogP contribution in [0.2, 0.25) is 0 Å². The Morgan fingerprint density at radius 2 is 2.04 bits per heavy atom. The van der Waals surface area contributed by atoms with Crippen LogP contribution in [0.1, 0.15) is 17.7 Å². The zero-order valence-corrected chi connectivity index (χ0v) is 14.4. The van der Waals surface area contributed by atoms with E-state index in [0.29, 0.717) is 12.8 Å². The normalized spacial score (nSPS) is 10.5. The topological polar surface area (TPSA) is 67.0 Å². The molecule has 1 heterocycles. The zero-order chi connectivity index (χ0) is 17.6. The second kappa shape index (κ2) is 7.66. The first-order chi connectivity index (χ1) is 12.2. The molecule has 5 heteroatoms. The van der Waals surface area contributed by atoms with Gasteiger partial charge in [0, 0.05) is 23.4 Å². The first-order valence-corrected chi connectivity index (χ1v) is 8.19. The number of imidazole rings is 1. The summed E-state index contributed by atoms with van der Waals surface area (Å²) in [7, 11) is 1.64. The number of nitrogens with one attached hydrogen (secondary N) is 2. The van der Waals surface area contributed by atoms with Gasteiger partial charge in [0.05, 0.1) is 19.1 Å². The molecule has 0 atom stereocenters. The Morgan fingerprint density at radius 3 is 2.80 bits per heavy atom. The van der Waals surface area contributed by atoms with Crippen molar-refractivity contribution in [3.63, 3.8) is 0 Å². The van der Waals surface area contributed by atoms with Crippen LogP contribution in [0.25, 0.3) is 11.3 Å². The number of hydrogen-bond acceptors (Lipinski definition) is 3. The number of para-hydroxylation sites is 1. The second-order valence-electron chi connectivity index (χ2n) is 5.82. The average Bonchev–Trinajstić information content (AvgIpc) is 3.06. The molecule has 5 nitrogen and oxygen atoms in total. The standard InChI is InChI=1S/C20H21N3O2/c1-14-20(22-13-21-14)16-7-5-8-17(12-16)23-19(24)11-10-15-6-3-4-9-18(15)25-2/h3-9,12-13H,10-11H2,1-2H3,(H,21,22)(H,23,24). The third-order valence-corrected chi connectivity index (χ3v) is 4.06. The maximum atomic E-state index is 12.3. The molecular weight excluding hydrogens is 314 g/mol. The molecule has 0 unspecified atom stereocenters. The average molecular weight is 335 g/mol. The van der Waals surface area contributed by atoms with Gasteiger partial charge in [-0.25, -0.2) is 4.98 Å². The summed E-state index contributed by atoms with van der Waals surface area (Å²) in [6, 6.07) is 15.5. The number of aryl methyl sites for hydroxylation is 2. The van der Waals surface area contributed by atoms with Crippen molar-refractivity contribution in [1.82, 2.24) is 9.97 Å². The summed E-state index contributed by atoms with van der Waals surface area (Å²) in [6.07, 6.45) is 2.70. The molecule has 25 heavy (non-hydrogen) atoms. The van der Waals surface area contributed by atoms with E-state index < -0.39 is 0 Å². The first-order valence-electron chi connectivity index (χ1n) is 8.19. The van der Waals surface area contributed by atoms with Gasteiger partial charge in [0.25, 0.3) is 0 Å². The molecule has 1 amide bonds. The van der Waals surface area contributed by atoms with Crippen molar-refractivity contribution in [2.24, 2.45) is 0 Å². The third kappa shape index (κ3) is 4.07. The summed E-state index contributed by atoms with van der Waals surface area (Å²) in [5.41, 5.74) is 4.66. The minimum Gasteiger partial charge on any atom is -0.496 e. The number of benzene rings is 2. The second-order valence-corrected chi connectivity index (χ2v) is 5.82. The number of anilines is 1. The van der Waals surface area contributed by atoms with Crippen LogP contribution < -0.4 is 10.1 Å². The number of H-pyrrole nitrogens is 1. The number of rotatable bonds is 6. The van der Waals surface area contributed by atoms with E-state index >= 15 is 0 Å². The number of methoxy groups -OCH3 is 1. The minimum absolute atomic E-state index is 0.0261. The number of amides is 1. The van der Waals surface area contributed by atoms with Crippen molar-refractivity contribution in [3.8, 4) is 17.0 Å². The molecule has 0 bridgehead atoms. The van der Waals surface area contributed by atoms with E-state index in [9.17, 15) is 4.79 Å². The zero-order valence-electron chi connectivity index (χ0n) is 14.4. The maximum Gasteiger partial charge on any atom is 0.224 e. The van der Waals surface area contributed by atoms with Crippen LogP contribution in [0.15, 0.2) is 54.9 Å². The molecule has 2 N–H and O–H groups in total. The van der Waals surface area contributed by atoms with E-state index in [1.165, 1.54) is 0 Å². The quantitative estimate of drug-likeness (QED) is 0.716. The van der Waals surface area contributed by atoms with E-state index in [4.69, 9.17) is 4.74 Å². The van der Waals surface area contributed by atoms with Gasteiger partial charge < -0.3 is 15.0 Å². The largest absolute Gasteiger partial charge is 0.496 e. The number of aromatic nitrogens is 2. The van der Waals surface area contributed by atoms with Gasteiger partial charge in [-0.2, -0.15) is 0 Å². The molecule has 1 aromatic heterocycles. The highest BCUT2D eigenvalue weighted by Gasteiger charge is 2.09. The van der Waals surface area contributed by atoms with Crippen LogP contribution in [0.4, 0.5) is 5.69 Å². The molecular formula is C20H21N3O2. The third-order valence-electron chi connectivity index (χ3n) is 4.06. The van der Waals surface area contributed by atoms with E-state index in [1.807, 2.05) is 55.5 Å². The molecule has 0 saturated heterocycles. The van der Waals surface area contributed by atoms with Crippen molar-refractivity contribution < 1.29 is 9.53 Å². The van der Waals surface area contributed by atoms with E-state index in [-0.39, 0.29) is 5.91 Å². The fourth-order valence-corrected chi connectivity index (χ4v) is 2.78. The van der Waals surface area contributed by atoms with Gasteiger partial charge in [0.15, 0.2) is 0 Å². The van der Waals surface area contributed by atoms with Crippen molar-refractivity contribution in [2.45, 2.75) is 19.8 Å². The van der Waals surface area contributed by atoms with Crippen molar-refractivity contribution >= 4 is 11.6 Å². The molecule has 0 aliphatic carbocycles. The van der Waals surface area contributed by atoms with E-state index in [0.717, 1.165) is 34.0 Å². The molecule has 0 fully saturated rings. The molecule has 0 aliphatic heterocycles. The summed E-state index contributed by atoms with van der Waals surface area (Å²) in [4.78, 5) is 19.7. The number of carbonyl (C=O) groups is 1. The van der Waals surface area contributed by atoms with Crippen molar-refractivity contribution in [3.05, 3.63) is 66.1 Å². The lowest BCUT2D eigenvalue weighted by Crippen LogP contribution is -2.12. The van der Waals surface area contributed by atoms with Gasteiger partial charge in [0.2, 0.25) is 5.91 Å². The van der Waals surface area contributed by atoms with Crippen LogP contribution in [0, 0.1) is 6.92 Å². The smallest absolute Gasteiger partial charge is 0.224 e. The van der Waals surface area contributed by atoms with Crippen LogP contribution in [0.3, 0.4) is 0 Å². The number of nitrogens with zero attached hydrogens (tertiary/aromatic N) is 1. The lowest BCUT2D eigenvalue weighted by Gasteiger charge is -2.09. The monoisotopic (exact) mass is 335 g/mol. The minimum atomic E-state index is -0.0261. The molecule has 0 aliphatic rings. The van der Waals surface area contributed by atoms with Gasteiger partial charge in [-0.3, -0.25) is 4.79 Å². The van der Waals surface area contributed by atoms with Crippen LogP contribution in [-0.4, -0.2) is 23.0 Å². The fraction of sp³-hybridized carbons (Fsp3) is 0.200. The van der Waals surface area contributed by atoms with Crippen molar-refractivity contribution in [2.75, 3.05) is 12.4 Å². The van der Waals surface area contributed by atoms with Gasteiger partial charge in [-0.1, -0.05) is 30.3 Å². The molecule has 0 saturated carbocycles. The number of aromatic amines is 1. The maximum absolute atomic E-state index is 12.3. The summed E-state index contributed by atoms with van der Waals surface area (Å²) < 4.78 is 5.32. The number of carbonyl (C=O) groups excluding carboxylic acids is 1. The molecule has 3 rings (SSSR count). The summed E-state index contributed by atoms with van der Waals surface area (Å²) in [6.45, 7) is 1.97. The first kappa shape index (κ1) is 16.8. The lowest BCUT2D eigenvalue weighted by atomic mass is 10.1.